The molecule has 8 nitrogen and oxygen atoms in total. The number of ketones is 2. The first kappa shape index (κ1) is 21.4. The molecule has 0 amide bonds. The number of allylic oxidation sites excluding steroid dienone is 3. The molecule has 1 heterocycles. The van der Waals surface area contributed by atoms with Gasteiger partial charge in [0.15, 0.2) is 23.1 Å². The molecule has 0 saturated heterocycles. The Kier molecular flexibility index (Phi) is 5.87. The van der Waals surface area contributed by atoms with Gasteiger partial charge in [0.05, 0.1) is 45.1 Å². The molecule has 1 aromatic carbocycles. The minimum Gasteiger partial charge on any atom is -0.493 e. The Bertz CT molecular complexity index is 964. The van der Waals surface area contributed by atoms with Gasteiger partial charge in [-0.15, -0.1) is 0 Å². The van der Waals surface area contributed by atoms with E-state index in [0.29, 0.717) is 28.5 Å². The third-order valence-corrected chi connectivity index (χ3v) is 5.38. The maximum absolute atomic E-state index is 13.0. The molecule has 0 bridgehead atoms. The quantitative estimate of drug-likeness (QED) is 0.558. The smallest absolute Gasteiger partial charge is 0.336 e. The van der Waals surface area contributed by atoms with Gasteiger partial charge in [-0.05, 0) is 38.5 Å². The largest absolute Gasteiger partial charge is 0.493 e. The maximum atomic E-state index is 13.0. The van der Waals surface area contributed by atoms with Crippen LogP contribution in [0, 0.1) is 5.92 Å². The van der Waals surface area contributed by atoms with E-state index in [9.17, 15) is 14.4 Å². The second-order valence-electron chi connectivity index (χ2n) is 7.01. The molecule has 0 saturated carbocycles. The summed E-state index contributed by atoms with van der Waals surface area (Å²) < 4.78 is 21.5. The molecule has 0 aromatic heterocycles. The van der Waals surface area contributed by atoms with Crippen molar-refractivity contribution >= 4 is 17.5 Å². The average molecular weight is 415 g/mol. The van der Waals surface area contributed by atoms with Crippen LogP contribution in [0.2, 0.25) is 0 Å². The number of benzene rings is 1. The number of Topliss-reactive ketones (excluding diaryl/α,β-unsaturated/α-hetero) is 2. The summed E-state index contributed by atoms with van der Waals surface area (Å²) in [4.78, 5) is 38.5. The molecule has 30 heavy (non-hydrogen) atoms. The Morgan fingerprint density at radius 1 is 1.03 bits per heavy atom. The predicted molar refractivity (Wildman–Crippen MR) is 108 cm³/mol. The summed E-state index contributed by atoms with van der Waals surface area (Å²) in [6, 6.07) is 3.35. The number of dihydropyridines is 1. The van der Waals surface area contributed by atoms with Crippen molar-refractivity contribution in [3.05, 3.63) is 40.2 Å². The standard InChI is InChI=1S/C22H25NO7/c1-7-30-22(26)15-11(3)23-18-17(19(24)10(2)20(18)25)16(15)12-8-13(27-4)21(29-6)14(9-12)28-5/h8-10,16,23H,7H2,1-6H3. The van der Waals surface area contributed by atoms with E-state index in [0.717, 1.165) is 0 Å². The minimum absolute atomic E-state index is 0.173. The first-order chi connectivity index (χ1) is 14.3. The van der Waals surface area contributed by atoms with Crippen LogP contribution in [0.3, 0.4) is 0 Å². The van der Waals surface area contributed by atoms with Crippen molar-refractivity contribution in [3.63, 3.8) is 0 Å². The van der Waals surface area contributed by atoms with Gasteiger partial charge in [-0.2, -0.15) is 0 Å². The highest BCUT2D eigenvalue weighted by molar-refractivity contribution is 6.26. The molecular weight excluding hydrogens is 390 g/mol. The summed E-state index contributed by atoms with van der Waals surface area (Å²) in [5.41, 5.74) is 1.74. The summed E-state index contributed by atoms with van der Waals surface area (Å²) >= 11 is 0. The lowest BCUT2D eigenvalue weighted by atomic mass is 9.79. The molecule has 3 rings (SSSR count). The van der Waals surface area contributed by atoms with Crippen molar-refractivity contribution < 1.29 is 33.3 Å². The number of esters is 1. The van der Waals surface area contributed by atoms with E-state index in [-0.39, 0.29) is 35.0 Å². The summed E-state index contributed by atoms with van der Waals surface area (Å²) in [5.74, 6) is -1.68. The fourth-order valence-electron chi connectivity index (χ4n) is 3.94. The van der Waals surface area contributed by atoms with E-state index < -0.39 is 17.8 Å². The highest BCUT2D eigenvalue weighted by Gasteiger charge is 2.47. The Morgan fingerprint density at radius 3 is 2.13 bits per heavy atom. The number of rotatable bonds is 6. The highest BCUT2D eigenvalue weighted by Crippen LogP contribution is 2.48. The zero-order valence-corrected chi connectivity index (χ0v) is 17.9. The molecule has 2 aliphatic rings. The van der Waals surface area contributed by atoms with Gasteiger partial charge in [-0.25, -0.2) is 4.79 Å². The van der Waals surface area contributed by atoms with Gasteiger partial charge in [0.2, 0.25) is 5.75 Å². The third-order valence-electron chi connectivity index (χ3n) is 5.38. The van der Waals surface area contributed by atoms with Gasteiger partial charge in [0.1, 0.15) is 0 Å². The van der Waals surface area contributed by atoms with Crippen molar-refractivity contribution in [2.24, 2.45) is 5.92 Å². The topological polar surface area (TPSA) is 100 Å². The number of nitrogens with one attached hydrogen (secondary N) is 1. The Hall–Kier alpha value is -3.29. The van der Waals surface area contributed by atoms with Crippen LogP contribution < -0.4 is 19.5 Å². The molecule has 1 aromatic rings. The van der Waals surface area contributed by atoms with Gasteiger partial charge in [0, 0.05) is 17.2 Å². The molecular formula is C22H25NO7. The van der Waals surface area contributed by atoms with E-state index in [1.54, 1.807) is 32.9 Å². The van der Waals surface area contributed by atoms with Crippen molar-refractivity contribution in [2.45, 2.75) is 26.7 Å². The highest BCUT2D eigenvalue weighted by atomic mass is 16.5. The summed E-state index contributed by atoms with van der Waals surface area (Å²) in [6.45, 7) is 5.13. The molecule has 2 atom stereocenters. The van der Waals surface area contributed by atoms with Gasteiger partial charge in [-0.1, -0.05) is 0 Å². The van der Waals surface area contributed by atoms with Gasteiger partial charge < -0.3 is 24.3 Å². The number of ether oxygens (including phenoxy) is 4. The van der Waals surface area contributed by atoms with Gasteiger partial charge in [0.25, 0.3) is 0 Å². The van der Waals surface area contributed by atoms with Crippen LogP contribution in [0.1, 0.15) is 32.3 Å². The zero-order valence-electron chi connectivity index (χ0n) is 17.9. The Balaban J connectivity index is 2.29. The minimum atomic E-state index is -0.818. The van der Waals surface area contributed by atoms with E-state index in [2.05, 4.69) is 5.32 Å². The number of carbonyl (C=O) groups excluding carboxylic acids is 3. The lowest BCUT2D eigenvalue weighted by molar-refractivity contribution is -0.138. The first-order valence-corrected chi connectivity index (χ1v) is 9.57. The summed E-state index contributed by atoms with van der Waals surface area (Å²) in [7, 11) is 4.45. The second-order valence-corrected chi connectivity index (χ2v) is 7.01. The average Bonchev–Trinajstić information content (AvgIpc) is 2.95. The SMILES string of the molecule is CCOC(=O)C1=C(C)NC2=C(C(=O)C(C)C2=O)C1c1cc(OC)c(OC)c(OC)c1. The van der Waals surface area contributed by atoms with Crippen molar-refractivity contribution in [1.29, 1.82) is 0 Å². The zero-order chi connectivity index (χ0) is 22.2. The summed E-state index contributed by atoms with van der Waals surface area (Å²) in [6.07, 6.45) is 0. The van der Waals surface area contributed by atoms with Crippen molar-refractivity contribution in [1.82, 2.24) is 5.32 Å². The molecule has 0 radical (unpaired) electrons. The van der Waals surface area contributed by atoms with Gasteiger partial charge >= 0.3 is 5.97 Å². The Labute approximate surface area is 174 Å². The van der Waals surface area contributed by atoms with Crippen LogP contribution in [-0.4, -0.2) is 45.5 Å². The predicted octanol–water partition coefficient (Wildman–Crippen LogP) is 2.28. The van der Waals surface area contributed by atoms with Crippen molar-refractivity contribution in [2.75, 3.05) is 27.9 Å². The fraction of sp³-hybridized carbons (Fsp3) is 0.409. The van der Waals surface area contributed by atoms with Crippen molar-refractivity contribution in [3.8, 4) is 17.2 Å². The van der Waals surface area contributed by atoms with Gasteiger partial charge in [-0.3, -0.25) is 9.59 Å². The molecule has 0 fully saturated rings. The number of hydrogen-bond donors (Lipinski definition) is 1. The molecule has 8 heteroatoms. The van der Waals surface area contributed by atoms with Crippen LogP contribution in [-0.2, 0) is 19.1 Å². The van der Waals surface area contributed by atoms with Crippen LogP contribution in [0.25, 0.3) is 0 Å². The molecule has 0 spiro atoms. The number of carbonyl (C=O) groups is 3. The van der Waals surface area contributed by atoms with Crippen LogP contribution >= 0.6 is 0 Å². The summed E-state index contributed by atoms with van der Waals surface area (Å²) in [5, 5.41) is 2.96. The fourth-order valence-corrected chi connectivity index (χ4v) is 3.94. The lowest BCUT2D eigenvalue weighted by Crippen LogP contribution is -2.31. The molecule has 2 unspecified atom stereocenters. The first-order valence-electron chi connectivity index (χ1n) is 9.57. The number of hydrogen-bond acceptors (Lipinski definition) is 8. The van der Waals surface area contributed by atoms with Crippen LogP contribution in [0.15, 0.2) is 34.7 Å². The molecule has 1 N–H and O–H groups in total. The van der Waals surface area contributed by atoms with E-state index >= 15 is 0 Å². The Morgan fingerprint density at radius 2 is 1.63 bits per heavy atom. The lowest BCUT2D eigenvalue weighted by Gasteiger charge is -2.29. The van der Waals surface area contributed by atoms with E-state index in [4.69, 9.17) is 18.9 Å². The molecule has 1 aliphatic heterocycles. The van der Waals surface area contributed by atoms with Crippen LogP contribution in [0.5, 0.6) is 17.2 Å². The maximum Gasteiger partial charge on any atom is 0.336 e. The molecule has 1 aliphatic carbocycles. The second kappa shape index (κ2) is 8.22. The van der Waals surface area contributed by atoms with E-state index in [1.165, 1.54) is 21.3 Å². The number of methoxy groups -OCH3 is 3. The molecule has 160 valence electrons. The van der Waals surface area contributed by atoms with Crippen LogP contribution in [0.4, 0.5) is 0 Å². The monoisotopic (exact) mass is 415 g/mol. The van der Waals surface area contributed by atoms with E-state index in [1.807, 2.05) is 0 Å². The third kappa shape index (κ3) is 3.22. The normalized spacial score (nSPS) is 20.7.